The first-order chi connectivity index (χ1) is 4.42. The molecule has 0 saturated heterocycles. The molecular formula is C8H19NS. The van der Waals surface area contributed by atoms with E-state index in [4.69, 9.17) is 12.2 Å². The van der Waals surface area contributed by atoms with Crippen molar-refractivity contribution in [1.29, 1.82) is 0 Å². The van der Waals surface area contributed by atoms with Gasteiger partial charge in [-0.05, 0) is 27.7 Å². The molecule has 0 aromatic rings. The molecule has 1 nitrogen and oxygen atoms in total. The Morgan fingerprint density at radius 3 is 1.50 bits per heavy atom. The molecule has 0 atom stereocenters. The molecule has 62 valence electrons. The minimum absolute atomic E-state index is 0.131. The van der Waals surface area contributed by atoms with Crippen molar-refractivity contribution in [2.45, 2.75) is 47.1 Å². The van der Waals surface area contributed by atoms with Crippen molar-refractivity contribution in [3.05, 3.63) is 0 Å². The summed E-state index contributed by atoms with van der Waals surface area (Å²) < 4.78 is 0. The predicted octanol–water partition coefficient (Wildman–Crippen LogP) is 2.75. The molecule has 0 bridgehead atoms. The Labute approximate surface area is 70.2 Å². The fourth-order valence-electron chi connectivity index (χ4n) is 0.528. The average Bonchev–Trinajstić information content (AvgIpc) is 1.64. The molecule has 0 aliphatic carbocycles. The van der Waals surface area contributed by atoms with Gasteiger partial charge in [0, 0.05) is 5.54 Å². The normalized spacial score (nSPS) is 9.40. The predicted molar refractivity (Wildman–Crippen MR) is 52.5 cm³/mol. The van der Waals surface area contributed by atoms with E-state index in [1.54, 1.807) is 0 Å². The molecule has 0 amide bonds. The van der Waals surface area contributed by atoms with E-state index in [9.17, 15) is 0 Å². The highest BCUT2D eigenvalue weighted by Gasteiger charge is 2.06. The van der Waals surface area contributed by atoms with Gasteiger partial charge in [-0.25, -0.2) is 0 Å². The van der Waals surface area contributed by atoms with Crippen molar-refractivity contribution in [2.75, 3.05) is 0 Å². The summed E-state index contributed by atoms with van der Waals surface area (Å²) >= 11 is 4.83. The molecule has 0 radical (unpaired) electrons. The highest BCUT2D eigenvalue weighted by molar-refractivity contribution is 7.80. The van der Waals surface area contributed by atoms with Crippen LogP contribution < -0.4 is 5.32 Å². The zero-order chi connectivity index (χ0) is 8.78. The third-order valence-electron chi connectivity index (χ3n) is 0.551. The van der Waals surface area contributed by atoms with Crippen LogP contribution in [0.15, 0.2) is 0 Å². The van der Waals surface area contributed by atoms with E-state index in [0.29, 0.717) is 0 Å². The standard InChI is InChI=1S/C6H13NS.C2H6/c1-5(8)7-6(2,3)4;1-2/h1-4H3,(H,7,8);1-2H3. The Morgan fingerprint density at radius 2 is 1.50 bits per heavy atom. The summed E-state index contributed by atoms with van der Waals surface area (Å²) in [5.41, 5.74) is 0.131. The maximum atomic E-state index is 4.83. The van der Waals surface area contributed by atoms with Gasteiger partial charge in [0.1, 0.15) is 0 Å². The maximum absolute atomic E-state index is 4.83. The largest absolute Gasteiger partial charge is 0.375 e. The van der Waals surface area contributed by atoms with E-state index >= 15 is 0 Å². The van der Waals surface area contributed by atoms with Crippen molar-refractivity contribution in [3.63, 3.8) is 0 Å². The van der Waals surface area contributed by atoms with Gasteiger partial charge in [-0.2, -0.15) is 0 Å². The fraction of sp³-hybridized carbons (Fsp3) is 0.875. The minimum atomic E-state index is 0.131. The fourth-order valence-corrected chi connectivity index (χ4v) is 0.834. The van der Waals surface area contributed by atoms with Gasteiger partial charge in [-0.1, -0.05) is 26.1 Å². The van der Waals surface area contributed by atoms with E-state index in [0.717, 1.165) is 4.99 Å². The Morgan fingerprint density at radius 1 is 1.20 bits per heavy atom. The highest BCUT2D eigenvalue weighted by atomic mass is 32.1. The number of hydrogen-bond donors (Lipinski definition) is 1. The van der Waals surface area contributed by atoms with Crippen LogP contribution in [0.3, 0.4) is 0 Å². The molecule has 10 heavy (non-hydrogen) atoms. The van der Waals surface area contributed by atoms with Crippen LogP contribution in [0.2, 0.25) is 0 Å². The van der Waals surface area contributed by atoms with Gasteiger partial charge in [-0.15, -0.1) is 0 Å². The zero-order valence-corrected chi connectivity index (χ0v) is 8.72. The number of thiocarbonyl (C=S) groups is 1. The summed E-state index contributed by atoms with van der Waals surface area (Å²) in [7, 11) is 0. The van der Waals surface area contributed by atoms with E-state index in [1.807, 2.05) is 20.8 Å². The maximum Gasteiger partial charge on any atom is 0.0725 e. The van der Waals surface area contributed by atoms with Gasteiger partial charge in [0.05, 0.1) is 4.99 Å². The SMILES string of the molecule is CC.CC(=S)NC(C)(C)C. The summed E-state index contributed by atoms with van der Waals surface area (Å²) in [6.07, 6.45) is 0. The molecule has 2 heteroatoms. The van der Waals surface area contributed by atoms with E-state index < -0.39 is 0 Å². The van der Waals surface area contributed by atoms with E-state index in [1.165, 1.54) is 0 Å². The Hall–Kier alpha value is -0.110. The summed E-state index contributed by atoms with van der Waals surface area (Å²) in [6.45, 7) is 12.1. The number of hydrogen-bond acceptors (Lipinski definition) is 1. The lowest BCUT2D eigenvalue weighted by Crippen LogP contribution is -2.38. The van der Waals surface area contributed by atoms with E-state index in [2.05, 4.69) is 26.1 Å². The van der Waals surface area contributed by atoms with Crippen LogP contribution in [-0.4, -0.2) is 10.5 Å². The molecule has 0 fully saturated rings. The second kappa shape index (κ2) is 5.66. The van der Waals surface area contributed by atoms with Crippen molar-refractivity contribution < 1.29 is 0 Å². The minimum Gasteiger partial charge on any atom is -0.375 e. The molecule has 0 aromatic carbocycles. The molecule has 1 N–H and O–H groups in total. The van der Waals surface area contributed by atoms with Crippen LogP contribution >= 0.6 is 12.2 Å². The molecule has 0 aliphatic rings. The monoisotopic (exact) mass is 161 g/mol. The first kappa shape index (κ1) is 12.6. The first-order valence-electron chi connectivity index (χ1n) is 3.70. The van der Waals surface area contributed by atoms with E-state index in [-0.39, 0.29) is 5.54 Å². The van der Waals surface area contributed by atoms with Gasteiger partial charge in [0.25, 0.3) is 0 Å². The Kier molecular flexibility index (Phi) is 7.10. The Balaban J connectivity index is 0. The second-order valence-electron chi connectivity index (χ2n) is 2.93. The van der Waals surface area contributed by atoms with Gasteiger partial charge < -0.3 is 5.32 Å². The third kappa shape index (κ3) is 15.7. The molecular weight excluding hydrogens is 142 g/mol. The molecule has 0 saturated carbocycles. The summed E-state index contributed by atoms with van der Waals surface area (Å²) in [4.78, 5) is 0.859. The molecule has 0 aromatic heterocycles. The lowest BCUT2D eigenvalue weighted by Gasteiger charge is -2.20. The summed E-state index contributed by atoms with van der Waals surface area (Å²) in [6, 6.07) is 0. The van der Waals surface area contributed by atoms with Crippen molar-refractivity contribution in [3.8, 4) is 0 Å². The summed E-state index contributed by atoms with van der Waals surface area (Å²) in [5.74, 6) is 0. The molecule has 0 rings (SSSR count). The van der Waals surface area contributed by atoms with Crippen LogP contribution in [-0.2, 0) is 0 Å². The lowest BCUT2D eigenvalue weighted by atomic mass is 10.1. The van der Waals surface area contributed by atoms with Crippen LogP contribution in [0.5, 0.6) is 0 Å². The van der Waals surface area contributed by atoms with Crippen LogP contribution in [0.25, 0.3) is 0 Å². The van der Waals surface area contributed by atoms with Gasteiger partial charge in [0.2, 0.25) is 0 Å². The third-order valence-corrected chi connectivity index (χ3v) is 0.653. The van der Waals surface area contributed by atoms with Crippen molar-refractivity contribution in [1.82, 2.24) is 5.32 Å². The first-order valence-corrected chi connectivity index (χ1v) is 4.11. The van der Waals surface area contributed by atoms with Gasteiger partial charge in [-0.3, -0.25) is 0 Å². The summed E-state index contributed by atoms with van der Waals surface area (Å²) in [5, 5.41) is 3.11. The second-order valence-corrected chi connectivity index (χ2v) is 3.54. The molecule has 0 aliphatic heterocycles. The van der Waals surface area contributed by atoms with Crippen molar-refractivity contribution in [2.24, 2.45) is 0 Å². The smallest absolute Gasteiger partial charge is 0.0725 e. The van der Waals surface area contributed by atoms with Crippen LogP contribution in [0, 0.1) is 0 Å². The molecule has 0 unspecified atom stereocenters. The van der Waals surface area contributed by atoms with Gasteiger partial charge >= 0.3 is 0 Å². The topological polar surface area (TPSA) is 12.0 Å². The number of rotatable bonds is 0. The lowest BCUT2D eigenvalue weighted by molar-refractivity contribution is 0.514. The van der Waals surface area contributed by atoms with Crippen molar-refractivity contribution >= 4 is 17.2 Å². The average molecular weight is 161 g/mol. The quantitative estimate of drug-likeness (QED) is 0.548. The molecule has 0 heterocycles. The zero-order valence-electron chi connectivity index (χ0n) is 7.91. The van der Waals surface area contributed by atoms with Gasteiger partial charge in [0.15, 0.2) is 0 Å². The Bertz CT molecular complexity index is 91.9. The highest BCUT2D eigenvalue weighted by Crippen LogP contribution is 1.97. The molecule has 0 spiro atoms. The van der Waals surface area contributed by atoms with Crippen LogP contribution in [0.1, 0.15) is 41.5 Å². The van der Waals surface area contributed by atoms with Crippen LogP contribution in [0.4, 0.5) is 0 Å². The number of nitrogens with one attached hydrogen (secondary N) is 1.